The molecule has 0 radical (unpaired) electrons. The molecule has 88 valence electrons. The smallest absolute Gasteiger partial charge is 0.208 e. The van der Waals surface area contributed by atoms with E-state index in [9.17, 15) is 0 Å². The summed E-state index contributed by atoms with van der Waals surface area (Å²) in [7, 11) is 0. The Morgan fingerprint density at radius 3 is 2.62 bits per heavy atom. The zero-order chi connectivity index (χ0) is 15.6. The van der Waals surface area contributed by atoms with Gasteiger partial charge in [-0.3, -0.25) is 0 Å². The first-order valence-electron chi connectivity index (χ1n) is 6.05. The van der Waals surface area contributed by atoms with E-state index in [1.807, 2.05) is 5.43 Å². The lowest BCUT2D eigenvalue weighted by molar-refractivity contribution is 0.316. The quantitative estimate of drug-likeness (QED) is 0.424. The molecule has 0 spiro atoms. The van der Waals surface area contributed by atoms with Crippen molar-refractivity contribution in [3.8, 4) is 5.75 Å². The minimum atomic E-state index is -2.85. The number of hydrogen-bond donors (Lipinski definition) is 3. The monoisotopic (exact) mass is 266 g/mol. The molecule has 0 aromatic heterocycles. The second-order valence-electron chi connectivity index (χ2n) is 2.53. The summed E-state index contributed by atoms with van der Waals surface area (Å²) in [5.41, 5.74) is 11.9. The second-order valence-corrected chi connectivity index (χ2v) is 3.34. The van der Waals surface area contributed by atoms with Crippen LogP contribution in [0.2, 0.25) is 10.0 Å². The first-order chi connectivity index (χ1) is 9.07. The molecule has 0 fully saturated rings. The third-order valence-corrected chi connectivity index (χ3v) is 1.96. The van der Waals surface area contributed by atoms with E-state index >= 15 is 0 Å². The van der Waals surface area contributed by atoms with E-state index < -0.39 is 19.0 Å². The maximum Gasteiger partial charge on any atom is 0.208 e. The number of hydrazone groups is 1. The predicted octanol–water partition coefficient (Wildman–Crippen LogP) is 1.15. The van der Waals surface area contributed by atoms with Gasteiger partial charge in [-0.15, -0.1) is 5.10 Å². The van der Waals surface area contributed by atoms with Crippen molar-refractivity contribution < 1.29 is 10.2 Å². The summed E-state index contributed by atoms with van der Waals surface area (Å²) in [4.78, 5) is 0. The van der Waals surface area contributed by atoms with Gasteiger partial charge in [-0.2, -0.15) is 0 Å². The van der Waals surface area contributed by atoms with Gasteiger partial charge < -0.3 is 21.6 Å². The van der Waals surface area contributed by atoms with Crippen LogP contribution in [0.3, 0.4) is 0 Å². The van der Waals surface area contributed by atoms with Gasteiger partial charge in [0.25, 0.3) is 0 Å². The van der Waals surface area contributed by atoms with Crippen LogP contribution >= 0.6 is 23.2 Å². The van der Waals surface area contributed by atoms with Gasteiger partial charge in [0.05, 0.1) is 22.0 Å². The van der Waals surface area contributed by atoms with Crippen LogP contribution in [0.25, 0.3) is 0 Å². The minimum Gasteiger partial charge on any atom is -0.489 e. The van der Waals surface area contributed by atoms with Crippen LogP contribution in [0.5, 0.6) is 5.75 Å². The molecular weight excluding hydrogens is 251 g/mol. The normalized spacial score (nSPS) is 15.1. The number of nitrogens with zero attached hydrogens (tertiary/aromatic N) is 1. The fourth-order valence-electron chi connectivity index (χ4n) is 0.772. The Hall–Kier alpha value is -1.33. The average Bonchev–Trinajstić information content (AvgIpc) is 2.31. The molecule has 0 aliphatic rings. The van der Waals surface area contributed by atoms with Crippen molar-refractivity contribution in [1.82, 2.24) is 5.43 Å². The first-order valence-corrected chi connectivity index (χ1v) is 4.81. The maximum absolute atomic E-state index is 7.64. The summed E-state index contributed by atoms with van der Waals surface area (Å²) >= 11 is 11.7. The number of para-hydroxylation sites is 1. The number of hydrogen-bond acceptors (Lipinski definition) is 3. The summed E-state index contributed by atoms with van der Waals surface area (Å²) in [6, 6.07) is 4.40. The van der Waals surface area contributed by atoms with Crippen molar-refractivity contribution in [3.63, 3.8) is 0 Å². The summed E-state index contributed by atoms with van der Waals surface area (Å²) < 4.78 is 35.4. The Balaban J connectivity index is 3.02. The molecule has 5 nitrogen and oxygen atoms in total. The van der Waals surface area contributed by atoms with Gasteiger partial charge in [0.1, 0.15) is 6.56 Å². The fraction of sp³-hybridized carbons (Fsp3) is 0.222. The first kappa shape index (κ1) is 7.86. The van der Waals surface area contributed by atoms with Crippen LogP contribution in [-0.2, 0) is 0 Å². The van der Waals surface area contributed by atoms with Crippen molar-refractivity contribution >= 4 is 29.2 Å². The molecule has 1 aromatic carbocycles. The Morgan fingerprint density at radius 2 is 2.06 bits per heavy atom. The molecule has 0 saturated carbocycles. The Kier molecular flexibility index (Phi) is 3.09. The van der Waals surface area contributed by atoms with E-state index in [2.05, 4.69) is 5.10 Å². The lowest BCUT2D eigenvalue weighted by Crippen LogP contribution is -2.27. The number of ether oxygens (including phenoxy) is 1. The van der Waals surface area contributed by atoms with E-state index in [-0.39, 0.29) is 15.8 Å². The lowest BCUT2D eigenvalue weighted by atomic mass is 10.3. The van der Waals surface area contributed by atoms with E-state index in [4.69, 9.17) is 44.9 Å². The predicted molar refractivity (Wildman–Crippen MR) is 65.8 cm³/mol. The largest absolute Gasteiger partial charge is 0.489 e. The highest BCUT2D eigenvalue weighted by Gasteiger charge is 2.05. The van der Waals surface area contributed by atoms with Gasteiger partial charge in [-0.25, -0.2) is 0 Å². The number of nitrogens with one attached hydrogen (secondary N) is 1. The van der Waals surface area contributed by atoms with E-state index in [1.165, 1.54) is 12.1 Å². The van der Waals surface area contributed by atoms with Crippen LogP contribution in [0.15, 0.2) is 23.3 Å². The van der Waals surface area contributed by atoms with Crippen molar-refractivity contribution in [3.05, 3.63) is 28.2 Å². The molecule has 0 atom stereocenters. The molecule has 0 bridgehead atoms. The van der Waals surface area contributed by atoms with Crippen LogP contribution in [-0.4, -0.2) is 19.0 Å². The summed E-state index contributed by atoms with van der Waals surface area (Å²) in [6.07, 6.45) is 0. The lowest BCUT2D eigenvalue weighted by Gasteiger charge is -2.09. The van der Waals surface area contributed by atoms with Crippen LogP contribution in [0, 0.1) is 0 Å². The van der Waals surface area contributed by atoms with E-state index in [1.54, 1.807) is 6.07 Å². The molecule has 16 heavy (non-hydrogen) atoms. The molecule has 1 rings (SSSR count). The van der Waals surface area contributed by atoms with E-state index in [0.717, 1.165) is 0 Å². The van der Waals surface area contributed by atoms with Crippen LogP contribution < -0.4 is 21.6 Å². The molecule has 5 N–H and O–H groups in total. The molecule has 0 heterocycles. The summed E-state index contributed by atoms with van der Waals surface area (Å²) in [5.74, 6) is -0.642. The molecular formula is C9H12Cl2N4O. The SMILES string of the molecule is [2H]C([2H])(NN=C(N)N)C([2H])([2H])Oc1c(Cl)cccc1Cl. The highest BCUT2D eigenvalue weighted by Crippen LogP contribution is 2.31. The van der Waals surface area contributed by atoms with Gasteiger partial charge in [0, 0.05) is 0 Å². The number of rotatable bonds is 5. The number of guanidine groups is 1. The van der Waals surface area contributed by atoms with Gasteiger partial charge in [-0.1, -0.05) is 29.3 Å². The summed E-state index contributed by atoms with van der Waals surface area (Å²) in [6.45, 7) is -5.58. The molecule has 0 aliphatic heterocycles. The highest BCUT2D eigenvalue weighted by atomic mass is 35.5. The van der Waals surface area contributed by atoms with Gasteiger partial charge >= 0.3 is 0 Å². The average molecular weight is 267 g/mol. The van der Waals surface area contributed by atoms with Crippen molar-refractivity contribution in [2.24, 2.45) is 16.6 Å². The molecule has 0 amide bonds. The van der Waals surface area contributed by atoms with E-state index in [0.29, 0.717) is 0 Å². The van der Waals surface area contributed by atoms with Crippen LogP contribution in [0.1, 0.15) is 5.48 Å². The van der Waals surface area contributed by atoms with Crippen molar-refractivity contribution in [2.45, 2.75) is 0 Å². The fourth-order valence-corrected chi connectivity index (χ4v) is 1.25. The van der Waals surface area contributed by atoms with Gasteiger partial charge in [0.15, 0.2) is 5.75 Å². The number of nitrogens with two attached hydrogens (primary N) is 2. The standard InChI is InChI=1S/C9H12Cl2N4O/c10-6-2-1-3-7(11)8(6)16-5-4-14-15-9(12)13/h1-3,14H,4-5H2,(H4,12,13,15)/i4D2,5D2. The Labute approximate surface area is 109 Å². The second kappa shape index (κ2) is 6.30. The highest BCUT2D eigenvalue weighted by molar-refractivity contribution is 6.37. The molecule has 7 heteroatoms. The third kappa shape index (κ3) is 4.04. The van der Waals surface area contributed by atoms with Gasteiger partial charge in [-0.05, 0) is 12.1 Å². The molecule has 0 aliphatic carbocycles. The topological polar surface area (TPSA) is 85.7 Å². The number of benzene rings is 1. The van der Waals surface area contributed by atoms with Crippen molar-refractivity contribution in [2.75, 3.05) is 13.1 Å². The summed E-state index contributed by atoms with van der Waals surface area (Å²) in [5, 5.41) is 3.29. The van der Waals surface area contributed by atoms with Crippen LogP contribution in [0.4, 0.5) is 0 Å². The maximum atomic E-state index is 7.64. The molecule has 0 saturated heterocycles. The number of halogens is 2. The zero-order valence-electron chi connectivity index (χ0n) is 12.0. The van der Waals surface area contributed by atoms with Gasteiger partial charge in [0.2, 0.25) is 5.96 Å². The Morgan fingerprint density at radius 1 is 1.44 bits per heavy atom. The minimum absolute atomic E-state index is 0.0408. The molecule has 0 unspecified atom stereocenters. The zero-order valence-corrected chi connectivity index (χ0v) is 9.51. The van der Waals surface area contributed by atoms with Crippen molar-refractivity contribution in [1.29, 1.82) is 0 Å². The molecule has 1 aromatic rings. The Bertz CT molecular complexity index is 502. The third-order valence-electron chi connectivity index (χ3n) is 1.36.